The summed E-state index contributed by atoms with van der Waals surface area (Å²) >= 11 is -8.03. The predicted molar refractivity (Wildman–Crippen MR) is 5.75 cm³/mol. The molecule has 52 valence electrons. The van der Waals surface area contributed by atoms with E-state index in [2.05, 4.69) is 0 Å². The van der Waals surface area contributed by atoms with Gasteiger partial charge < -0.3 is 20.6 Å². The van der Waals surface area contributed by atoms with Gasteiger partial charge >= 0.3 is 10.1 Å². The first-order valence-electron chi connectivity index (χ1n) is 0.926. The van der Waals surface area contributed by atoms with Crippen molar-refractivity contribution in [1.82, 2.24) is 0 Å². The van der Waals surface area contributed by atoms with Crippen molar-refractivity contribution in [3.05, 3.63) is 0 Å². The molecule has 0 aromatic rings. The minimum absolute atomic E-state index is 0. The Morgan fingerprint density at radius 1 is 0.556 bits per heavy atom. The summed E-state index contributed by atoms with van der Waals surface area (Å²) in [5, 5.41) is 0. The van der Waals surface area contributed by atoms with Gasteiger partial charge in [-0.15, -0.1) is 0 Å². The van der Waals surface area contributed by atoms with Crippen LogP contribution in [0.3, 0.4) is 0 Å². The number of hydrogen-bond donors (Lipinski definition) is 0. The molecule has 0 amide bonds. The van der Waals surface area contributed by atoms with Crippen LogP contribution >= 0.6 is 0 Å². The van der Waals surface area contributed by atoms with Crippen LogP contribution in [0.25, 0.3) is 0 Å². The van der Waals surface area contributed by atoms with Crippen LogP contribution in [0.15, 0.2) is 0 Å². The van der Waals surface area contributed by atoms with Crippen LogP contribution in [-0.2, 0) is 0 Å². The molecule has 0 saturated heterocycles. The molecule has 0 aliphatic rings. The largest absolute Gasteiger partial charge is 2.00 e. The first-order valence-corrected chi connectivity index (χ1v) is 6.21. The molecule has 0 saturated carbocycles. The molecule has 0 unspecified atom stereocenters. The topological polar surface area (TPSA) is 138 Å². The van der Waals surface area contributed by atoms with Gasteiger partial charge in [0.1, 0.15) is 0 Å². The molecular formula is BeI2O6. The summed E-state index contributed by atoms with van der Waals surface area (Å²) < 4.78 is 51.4. The Balaban J connectivity index is -0.0000000720. The zero-order valence-electron chi connectivity index (χ0n) is 3.91. The fourth-order valence-corrected chi connectivity index (χ4v) is 0. The summed E-state index contributed by atoms with van der Waals surface area (Å²) in [6.45, 7) is 0. The van der Waals surface area contributed by atoms with Gasteiger partial charge in [0.15, 0.2) is 0 Å². The standard InChI is InChI=1S/Be.2IO3/c;2*2-1(3)4/q+2;2*-1. The smallest absolute Gasteiger partial charge is 0.427 e. The minimum atomic E-state index is -4.01. The van der Waals surface area contributed by atoms with Gasteiger partial charge in [0.25, 0.3) is 42.1 Å². The van der Waals surface area contributed by atoms with Crippen molar-refractivity contribution in [2.45, 2.75) is 0 Å². The van der Waals surface area contributed by atoms with E-state index in [1.165, 1.54) is 0 Å². The molecule has 0 aromatic carbocycles. The first-order chi connectivity index (χ1) is 3.46. The zero-order chi connectivity index (χ0) is 7.15. The molecule has 0 bridgehead atoms. The van der Waals surface area contributed by atoms with Crippen molar-refractivity contribution < 1.29 is 62.7 Å². The maximum Gasteiger partial charge on any atom is 2.00 e. The van der Waals surface area contributed by atoms with E-state index >= 15 is 0 Å². The van der Waals surface area contributed by atoms with Crippen molar-refractivity contribution >= 4 is 10.1 Å². The monoisotopic (exact) mass is 359 g/mol. The second-order valence-electron chi connectivity index (χ2n) is 0.378. The van der Waals surface area contributed by atoms with E-state index in [0.717, 1.165) is 0 Å². The Kier molecular flexibility index (Phi) is 22.6. The van der Waals surface area contributed by atoms with Crippen LogP contribution in [-0.4, -0.2) is 10.1 Å². The number of rotatable bonds is 0. The van der Waals surface area contributed by atoms with Gasteiger partial charge in [-0.05, 0) is 0 Å². The molecule has 0 N–H and O–H groups in total. The van der Waals surface area contributed by atoms with Crippen molar-refractivity contribution in [3.8, 4) is 0 Å². The Hall–Kier alpha value is 1.39. The van der Waals surface area contributed by atoms with E-state index in [4.69, 9.17) is 20.6 Å². The Morgan fingerprint density at radius 3 is 0.556 bits per heavy atom. The van der Waals surface area contributed by atoms with E-state index in [1.807, 2.05) is 0 Å². The van der Waals surface area contributed by atoms with Crippen molar-refractivity contribution in [1.29, 1.82) is 0 Å². The Labute approximate surface area is 72.4 Å². The SMILES string of the molecule is [Be+2].[O-][I+2]([O-])[O-].[O-][I+2]([O-])[O-]. The molecule has 0 aromatic heterocycles. The number of halogens is 2. The third-order valence-electron chi connectivity index (χ3n) is 0. The summed E-state index contributed by atoms with van der Waals surface area (Å²) in [5.41, 5.74) is 0. The van der Waals surface area contributed by atoms with E-state index in [-0.39, 0.29) is 10.1 Å². The maximum atomic E-state index is 8.57. The van der Waals surface area contributed by atoms with Gasteiger partial charge in [-0.1, -0.05) is 0 Å². The molecular weight excluding hydrogens is 359 g/mol. The van der Waals surface area contributed by atoms with Crippen molar-refractivity contribution in [2.75, 3.05) is 0 Å². The minimum Gasteiger partial charge on any atom is -0.427 e. The average molecular weight is 359 g/mol. The van der Waals surface area contributed by atoms with E-state index < -0.39 is 42.1 Å². The van der Waals surface area contributed by atoms with E-state index in [9.17, 15) is 0 Å². The summed E-state index contributed by atoms with van der Waals surface area (Å²) in [6.07, 6.45) is 0. The molecule has 9 heteroatoms. The fraction of sp³-hybridized carbons (Fsp3) is 0. The third kappa shape index (κ3) is 266. The van der Waals surface area contributed by atoms with Crippen LogP contribution in [0.4, 0.5) is 0 Å². The molecule has 0 fully saturated rings. The zero-order valence-corrected chi connectivity index (χ0v) is 8.23. The van der Waals surface area contributed by atoms with E-state index in [1.54, 1.807) is 0 Å². The van der Waals surface area contributed by atoms with Crippen molar-refractivity contribution in [3.63, 3.8) is 0 Å². The maximum absolute atomic E-state index is 8.57. The van der Waals surface area contributed by atoms with Crippen LogP contribution in [0.2, 0.25) is 0 Å². The third-order valence-corrected chi connectivity index (χ3v) is 0. The molecule has 0 rings (SSSR count). The second kappa shape index (κ2) is 12.1. The van der Waals surface area contributed by atoms with Crippen molar-refractivity contribution in [2.24, 2.45) is 0 Å². The normalized spacial score (nSPS) is 8.00. The summed E-state index contributed by atoms with van der Waals surface area (Å²) in [6, 6.07) is 0. The molecule has 0 aliphatic carbocycles. The summed E-state index contributed by atoms with van der Waals surface area (Å²) in [4.78, 5) is 0. The summed E-state index contributed by atoms with van der Waals surface area (Å²) in [5.74, 6) is 0. The van der Waals surface area contributed by atoms with Gasteiger partial charge in [0, 0.05) is 0 Å². The van der Waals surface area contributed by atoms with E-state index in [0.29, 0.717) is 0 Å². The van der Waals surface area contributed by atoms with Gasteiger partial charge in [0.2, 0.25) is 0 Å². The summed E-state index contributed by atoms with van der Waals surface area (Å²) in [7, 11) is 0. The molecule has 0 heterocycles. The average Bonchev–Trinajstić information content (AvgIpc) is 1.25. The fourth-order valence-electron chi connectivity index (χ4n) is 0. The molecule has 0 radical (unpaired) electrons. The first kappa shape index (κ1) is 16.8. The van der Waals surface area contributed by atoms with Crippen LogP contribution in [0.5, 0.6) is 0 Å². The van der Waals surface area contributed by atoms with Gasteiger partial charge in [-0.2, -0.15) is 0 Å². The Morgan fingerprint density at radius 2 is 0.556 bits per heavy atom. The molecule has 0 atom stereocenters. The molecule has 0 aliphatic heterocycles. The van der Waals surface area contributed by atoms with Gasteiger partial charge in [-0.25, -0.2) is 0 Å². The second-order valence-corrected chi connectivity index (χ2v) is 2.54. The molecule has 0 spiro atoms. The Bertz CT molecular complexity index is 26.5. The van der Waals surface area contributed by atoms with Gasteiger partial charge in [0.05, 0.1) is 0 Å². The van der Waals surface area contributed by atoms with Crippen LogP contribution in [0.1, 0.15) is 0 Å². The molecule has 9 heavy (non-hydrogen) atoms. The van der Waals surface area contributed by atoms with Gasteiger partial charge in [-0.3, -0.25) is 0 Å². The predicted octanol–water partition coefficient (Wildman–Crippen LogP) is -13.5. The quantitative estimate of drug-likeness (QED) is 0.311. The molecule has 6 nitrogen and oxygen atoms in total. The van der Waals surface area contributed by atoms with Crippen LogP contribution < -0.4 is 62.7 Å². The number of hydrogen-bond acceptors (Lipinski definition) is 6. The van der Waals surface area contributed by atoms with Crippen LogP contribution in [0, 0.1) is 0 Å².